The maximum absolute atomic E-state index is 14.2. The van der Waals surface area contributed by atoms with Crippen LogP contribution in [-0.4, -0.2) is 24.5 Å². The van der Waals surface area contributed by atoms with Crippen LogP contribution in [0.3, 0.4) is 0 Å². The summed E-state index contributed by atoms with van der Waals surface area (Å²) in [6, 6.07) is 11.4. The van der Waals surface area contributed by atoms with E-state index in [2.05, 4.69) is 5.10 Å². The maximum atomic E-state index is 14.2. The predicted octanol–water partition coefficient (Wildman–Crippen LogP) is 4.10. The van der Waals surface area contributed by atoms with Crippen LogP contribution in [0.15, 0.2) is 59.5 Å². The van der Waals surface area contributed by atoms with Crippen LogP contribution in [-0.2, 0) is 16.0 Å². The van der Waals surface area contributed by atoms with Crippen molar-refractivity contribution in [2.75, 3.05) is 6.26 Å². The maximum Gasteiger partial charge on any atom is 0.435 e. The zero-order valence-corrected chi connectivity index (χ0v) is 14.1. The topological polar surface area (TPSA) is 52.0 Å². The highest BCUT2D eigenvalue weighted by atomic mass is 32.2. The zero-order chi connectivity index (χ0) is 19.1. The van der Waals surface area contributed by atoms with Crippen LogP contribution < -0.4 is 0 Å². The lowest BCUT2D eigenvalue weighted by molar-refractivity contribution is -0.141. The molecule has 2 aromatic carbocycles. The van der Waals surface area contributed by atoms with E-state index < -0.39 is 27.5 Å². The molecule has 0 atom stereocenters. The molecule has 0 aliphatic heterocycles. The van der Waals surface area contributed by atoms with Crippen molar-refractivity contribution < 1.29 is 26.0 Å². The van der Waals surface area contributed by atoms with Gasteiger partial charge in [0.15, 0.2) is 15.5 Å². The quantitative estimate of drug-likeness (QED) is 0.639. The highest BCUT2D eigenvalue weighted by Gasteiger charge is 2.36. The van der Waals surface area contributed by atoms with Crippen molar-refractivity contribution in [3.8, 4) is 16.9 Å². The second kappa shape index (κ2) is 6.24. The normalized spacial score (nSPS) is 12.3. The Morgan fingerprint density at radius 1 is 1.00 bits per heavy atom. The van der Waals surface area contributed by atoms with Crippen molar-refractivity contribution in [3.63, 3.8) is 0 Å². The molecule has 0 saturated carbocycles. The molecule has 0 unspecified atom stereocenters. The van der Waals surface area contributed by atoms with E-state index in [0.717, 1.165) is 17.0 Å². The number of nitrogens with zero attached hydrogens (tertiary/aromatic N) is 2. The summed E-state index contributed by atoms with van der Waals surface area (Å²) in [6.45, 7) is 0. The first-order chi connectivity index (χ1) is 12.1. The first kappa shape index (κ1) is 18.1. The second-order valence-electron chi connectivity index (χ2n) is 5.54. The molecule has 1 heterocycles. The Morgan fingerprint density at radius 2 is 1.62 bits per heavy atom. The van der Waals surface area contributed by atoms with E-state index in [1.54, 1.807) is 0 Å². The largest absolute Gasteiger partial charge is 0.435 e. The molecule has 136 valence electrons. The van der Waals surface area contributed by atoms with Gasteiger partial charge in [-0.05, 0) is 30.3 Å². The van der Waals surface area contributed by atoms with Gasteiger partial charge >= 0.3 is 6.18 Å². The van der Waals surface area contributed by atoms with Crippen LogP contribution >= 0.6 is 0 Å². The molecule has 0 radical (unpaired) electrons. The van der Waals surface area contributed by atoms with Crippen LogP contribution in [0.4, 0.5) is 17.6 Å². The minimum Gasteiger partial charge on any atom is -0.231 e. The monoisotopic (exact) mass is 384 g/mol. The van der Waals surface area contributed by atoms with E-state index in [1.807, 2.05) is 0 Å². The molecule has 26 heavy (non-hydrogen) atoms. The van der Waals surface area contributed by atoms with Gasteiger partial charge in [0.2, 0.25) is 0 Å². The fraction of sp³-hybridized carbons (Fsp3) is 0.118. The molecule has 0 fully saturated rings. The number of aromatic nitrogens is 2. The van der Waals surface area contributed by atoms with Gasteiger partial charge in [-0.25, -0.2) is 17.5 Å². The van der Waals surface area contributed by atoms with Crippen LogP contribution in [0.1, 0.15) is 5.69 Å². The van der Waals surface area contributed by atoms with Gasteiger partial charge in [0.25, 0.3) is 0 Å². The minimum atomic E-state index is -4.77. The van der Waals surface area contributed by atoms with Gasteiger partial charge < -0.3 is 0 Å². The Kier molecular flexibility index (Phi) is 4.35. The first-order valence-electron chi connectivity index (χ1n) is 7.30. The van der Waals surface area contributed by atoms with Gasteiger partial charge in [0.05, 0.1) is 16.3 Å². The Bertz CT molecular complexity index is 1070. The molecule has 0 N–H and O–H groups in total. The standard InChI is InChI=1S/C17H12F4N2O2S/c1-26(24,25)15-9-5-4-8-13(15)23-14(10-16(22-23)17(19,20)21)11-6-2-3-7-12(11)18/h2-10H,1H3. The van der Waals surface area contributed by atoms with Gasteiger partial charge in [0, 0.05) is 11.8 Å². The molecule has 0 spiro atoms. The highest BCUT2D eigenvalue weighted by Crippen LogP contribution is 2.35. The molecule has 1 aromatic heterocycles. The number of hydrogen-bond acceptors (Lipinski definition) is 3. The summed E-state index contributed by atoms with van der Waals surface area (Å²) in [7, 11) is -3.75. The Labute approximate surface area is 146 Å². The van der Waals surface area contributed by atoms with E-state index in [1.165, 1.54) is 42.5 Å². The van der Waals surface area contributed by atoms with E-state index in [-0.39, 0.29) is 21.8 Å². The van der Waals surface area contributed by atoms with Crippen LogP contribution in [0.2, 0.25) is 0 Å². The summed E-state index contributed by atoms with van der Waals surface area (Å²) < 4.78 is 78.5. The van der Waals surface area contributed by atoms with Gasteiger partial charge in [-0.15, -0.1) is 0 Å². The molecule has 4 nitrogen and oxygen atoms in total. The second-order valence-corrected chi connectivity index (χ2v) is 7.53. The van der Waals surface area contributed by atoms with Gasteiger partial charge in [0.1, 0.15) is 5.82 Å². The number of hydrogen-bond donors (Lipinski definition) is 0. The molecule has 9 heteroatoms. The van der Waals surface area contributed by atoms with Crippen LogP contribution in [0.5, 0.6) is 0 Å². The van der Waals surface area contributed by atoms with Crippen molar-refractivity contribution in [1.29, 1.82) is 0 Å². The van der Waals surface area contributed by atoms with E-state index in [4.69, 9.17) is 0 Å². The summed E-state index contributed by atoms with van der Waals surface area (Å²) in [5.74, 6) is -0.751. The average Bonchev–Trinajstić information content (AvgIpc) is 2.99. The molecular weight excluding hydrogens is 372 g/mol. The summed E-state index contributed by atoms with van der Waals surface area (Å²) in [5.41, 5.74) is -1.67. The Balaban J connectivity index is 2.36. The smallest absolute Gasteiger partial charge is 0.231 e. The molecule has 3 rings (SSSR count). The third-order valence-electron chi connectivity index (χ3n) is 3.64. The minimum absolute atomic E-state index is 0.0937. The number of rotatable bonds is 3. The summed E-state index contributed by atoms with van der Waals surface area (Å²) in [5, 5.41) is 3.50. The van der Waals surface area contributed by atoms with E-state index in [9.17, 15) is 26.0 Å². The summed E-state index contributed by atoms with van der Waals surface area (Å²) >= 11 is 0. The predicted molar refractivity (Wildman–Crippen MR) is 87.1 cm³/mol. The fourth-order valence-electron chi connectivity index (χ4n) is 2.51. The SMILES string of the molecule is CS(=O)(=O)c1ccccc1-n1nc(C(F)(F)F)cc1-c1ccccc1F. The summed E-state index contributed by atoms with van der Waals surface area (Å²) in [4.78, 5) is -0.214. The van der Waals surface area contributed by atoms with E-state index >= 15 is 0 Å². The van der Waals surface area contributed by atoms with Gasteiger partial charge in [-0.2, -0.15) is 18.3 Å². The number of para-hydroxylation sites is 1. The lowest BCUT2D eigenvalue weighted by Gasteiger charge is -2.12. The number of alkyl halides is 3. The lowest BCUT2D eigenvalue weighted by atomic mass is 10.1. The van der Waals surface area contributed by atoms with E-state index in [0.29, 0.717) is 6.07 Å². The highest BCUT2D eigenvalue weighted by molar-refractivity contribution is 7.90. The van der Waals surface area contributed by atoms with Crippen LogP contribution in [0, 0.1) is 5.82 Å². The lowest BCUT2D eigenvalue weighted by Crippen LogP contribution is -2.10. The molecule has 0 amide bonds. The molecule has 3 aromatic rings. The number of halogens is 4. The van der Waals surface area contributed by atoms with Crippen molar-refractivity contribution in [2.24, 2.45) is 0 Å². The summed E-state index contributed by atoms with van der Waals surface area (Å²) in [6.07, 6.45) is -3.84. The van der Waals surface area contributed by atoms with Gasteiger partial charge in [-0.1, -0.05) is 24.3 Å². The molecule has 0 saturated heterocycles. The Hall–Kier alpha value is -2.68. The third-order valence-corrected chi connectivity index (χ3v) is 4.79. The van der Waals surface area contributed by atoms with Crippen molar-refractivity contribution in [1.82, 2.24) is 9.78 Å². The van der Waals surface area contributed by atoms with Crippen molar-refractivity contribution in [3.05, 3.63) is 66.1 Å². The van der Waals surface area contributed by atoms with Crippen molar-refractivity contribution >= 4 is 9.84 Å². The zero-order valence-electron chi connectivity index (χ0n) is 13.3. The fourth-order valence-corrected chi connectivity index (χ4v) is 3.37. The first-order valence-corrected chi connectivity index (χ1v) is 9.20. The van der Waals surface area contributed by atoms with Crippen LogP contribution in [0.25, 0.3) is 16.9 Å². The number of benzene rings is 2. The third kappa shape index (κ3) is 3.34. The van der Waals surface area contributed by atoms with Crippen molar-refractivity contribution in [2.45, 2.75) is 11.1 Å². The van der Waals surface area contributed by atoms with Gasteiger partial charge in [-0.3, -0.25) is 0 Å². The molecule has 0 aliphatic rings. The molecular formula is C17H12F4N2O2S. The number of sulfone groups is 1. The molecule has 0 aliphatic carbocycles. The molecule has 0 bridgehead atoms. The average molecular weight is 384 g/mol. The Morgan fingerprint density at radius 3 is 2.23 bits per heavy atom.